The van der Waals surface area contributed by atoms with Crippen molar-refractivity contribution in [2.45, 2.75) is 63.5 Å². The van der Waals surface area contributed by atoms with Crippen molar-refractivity contribution < 1.29 is 41.8 Å². The number of likely N-dealkylation sites (tertiary alicyclic amines) is 1. The van der Waals surface area contributed by atoms with Crippen LogP contribution in [0.15, 0.2) is 12.3 Å². The van der Waals surface area contributed by atoms with Gasteiger partial charge in [0.05, 0.1) is 23.7 Å². The lowest BCUT2D eigenvalue weighted by Crippen LogP contribution is -2.52. The molecule has 4 aliphatic rings. The molecule has 5 atom stereocenters. The number of nitrogens with one attached hydrogen (secondary N) is 1. The molecule has 0 spiro atoms. The highest BCUT2D eigenvalue weighted by atomic mass is 19.4. The van der Waals surface area contributed by atoms with E-state index in [0.29, 0.717) is 56.8 Å². The predicted octanol–water partition coefficient (Wildman–Crippen LogP) is 1.55. The van der Waals surface area contributed by atoms with Crippen LogP contribution in [0.4, 0.5) is 13.2 Å². The second-order valence-electron chi connectivity index (χ2n) is 11.3. The summed E-state index contributed by atoms with van der Waals surface area (Å²) in [6.45, 7) is 2.80. The molecule has 1 saturated carbocycles. The van der Waals surface area contributed by atoms with E-state index >= 15 is 0 Å². The van der Waals surface area contributed by atoms with E-state index in [1.165, 1.54) is 6.92 Å². The first-order valence-electron chi connectivity index (χ1n) is 13.6. The van der Waals surface area contributed by atoms with Gasteiger partial charge in [-0.25, -0.2) is 0 Å². The van der Waals surface area contributed by atoms with Crippen LogP contribution in [0.2, 0.25) is 0 Å². The highest BCUT2D eigenvalue weighted by Crippen LogP contribution is 2.50. The van der Waals surface area contributed by atoms with Crippen molar-refractivity contribution in [2.75, 3.05) is 46.6 Å². The van der Waals surface area contributed by atoms with Crippen LogP contribution >= 0.6 is 0 Å². The smallest absolute Gasteiger partial charge is 0.417 e. The molecule has 40 heavy (non-hydrogen) atoms. The largest absolute Gasteiger partial charge is 0.456 e. The first-order valence-corrected chi connectivity index (χ1v) is 13.6. The lowest BCUT2D eigenvalue weighted by atomic mass is 9.78. The van der Waals surface area contributed by atoms with Crippen LogP contribution in [0, 0.1) is 11.3 Å². The minimum absolute atomic E-state index is 0.00371. The molecule has 3 fully saturated rings. The number of alkyl halides is 3. The Labute approximate surface area is 230 Å². The molecule has 2 saturated heterocycles. The topological polar surface area (TPSA) is 110 Å². The number of ether oxygens (including phenoxy) is 3. The van der Waals surface area contributed by atoms with Crippen LogP contribution in [0.25, 0.3) is 0 Å². The van der Waals surface area contributed by atoms with Crippen molar-refractivity contribution in [1.82, 2.24) is 20.1 Å². The number of methoxy groups -OCH3 is 1. The molecule has 0 aromatic carbocycles. The number of esters is 1. The molecule has 1 N–H and O–H groups in total. The zero-order valence-electron chi connectivity index (χ0n) is 22.7. The van der Waals surface area contributed by atoms with E-state index in [-0.39, 0.29) is 49.0 Å². The fourth-order valence-electron chi connectivity index (χ4n) is 6.78. The van der Waals surface area contributed by atoms with Crippen molar-refractivity contribution in [3.63, 3.8) is 0 Å². The third-order valence-corrected chi connectivity index (χ3v) is 8.76. The molecule has 1 aromatic heterocycles. The highest BCUT2D eigenvalue weighted by Gasteiger charge is 2.59. The summed E-state index contributed by atoms with van der Waals surface area (Å²) in [4.78, 5) is 45.6. The zero-order valence-corrected chi connectivity index (χ0v) is 22.7. The van der Waals surface area contributed by atoms with Gasteiger partial charge in [-0.05, 0) is 36.8 Å². The number of pyridine rings is 1. The summed E-state index contributed by atoms with van der Waals surface area (Å²) in [5.41, 5.74) is -0.786. The Morgan fingerprint density at radius 2 is 2.08 bits per heavy atom. The maximum atomic E-state index is 14.3. The standard InChI is InChI=1S/C27H35F3N4O6/c1-16(35)40-14-24(36)34-12-19-8-20(32-22-4-6-39-13-23(22)38-2)9-26(19,15-34)25(37)33-5-3-21-17(11-33)7-18(10-31-21)27(28,29)30/h7,10,19-20,22-23,32H,3-6,8-9,11-15H2,1-2H3/t19-,20+,22-,23+,26-/m0/s1. The van der Waals surface area contributed by atoms with Crippen LogP contribution in [0.3, 0.4) is 0 Å². The van der Waals surface area contributed by atoms with Crippen LogP contribution < -0.4 is 5.32 Å². The second kappa shape index (κ2) is 11.2. The van der Waals surface area contributed by atoms with Gasteiger partial charge in [0, 0.05) is 77.2 Å². The van der Waals surface area contributed by atoms with Gasteiger partial charge in [0.2, 0.25) is 5.91 Å². The van der Waals surface area contributed by atoms with Gasteiger partial charge in [0.25, 0.3) is 5.91 Å². The highest BCUT2D eigenvalue weighted by molar-refractivity contribution is 5.87. The number of hydrogen-bond acceptors (Lipinski definition) is 8. The molecule has 0 bridgehead atoms. The second-order valence-corrected chi connectivity index (χ2v) is 11.3. The molecule has 1 aromatic rings. The Hall–Kier alpha value is -2.77. The zero-order chi connectivity index (χ0) is 28.7. The van der Waals surface area contributed by atoms with Crippen LogP contribution in [0.5, 0.6) is 0 Å². The molecule has 10 nitrogen and oxygen atoms in total. The van der Waals surface area contributed by atoms with Gasteiger partial charge in [0.15, 0.2) is 6.61 Å². The first-order chi connectivity index (χ1) is 19.0. The molecular formula is C27H35F3N4O6. The summed E-state index contributed by atoms with van der Waals surface area (Å²) >= 11 is 0. The van der Waals surface area contributed by atoms with Crippen molar-refractivity contribution in [2.24, 2.45) is 11.3 Å². The number of carbonyl (C=O) groups excluding carboxylic acids is 3. The van der Waals surface area contributed by atoms with Crippen molar-refractivity contribution in [3.05, 3.63) is 29.1 Å². The number of aromatic nitrogens is 1. The molecule has 13 heteroatoms. The van der Waals surface area contributed by atoms with Gasteiger partial charge >= 0.3 is 12.1 Å². The Balaban J connectivity index is 1.36. The summed E-state index contributed by atoms with van der Waals surface area (Å²) in [6, 6.07) is 1.14. The Kier molecular flexibility index (Phi) is 8.08. The molecule has 1 aliphatic carbocycles. The summed E-state index contributed by atoms with van der Waals surface area (Å²) < 4.78 is 56.1. The van der Waals surface area contributed by atoms with E-state index in [9.17, 15) is 27.6 Å². The summed E-state index contributed by atoms with van der Waals surface area (Å²) in [5, 5.41) is 3.67. The van der Waals surface area contributed by atoms with Gasteiger partial charge in [-0.1, -0.05) is 0 Å². The number of rotatable bonds is 6. The van der Waals surface area contributed by atoms with E-state index in [0.717, 1.165) is 18.7 Å². The van der Waals surface area contributed by atoms with Gasteiger partial charge < -0.3 is 29.3 Å². The van der Waals surface area contributed by atoms with E-state index in [1.54, 1.807) is 16.9 Å². The number of fused-ring (bicyclic) bond motifs is 2. The van der Waals surface area contributed by atoms with Crippen molar-refractivity contribution in [1.29, 1.82) is 0 Å². The van der Waals surface area contributed by atoms with Crippen LogP contribution in [-0.4, -0.2) is 97.3 Å². The maximum Gasteiger partial charge on any atom is 0.417 e. The molecule has 2 amide bonds. The fourth-order valence-corrected chi connectivity index (χ4v) is 6.78. The Bertz CT molecular complexity index is 1150. The van der Waals surface area contributed by atoms with Crippen molar-refractivity contribution >= 4 is 17.8 Å². The number of halogens is 3. The Morgan fingerprint density at radius 1 is 1.27 bits per heavy atom. The average molecular weight is 569 g/mol. The fraction of sp³-hybridized carbons (Fsp3) is 0.704. The minimum Gasteiger partial charge on any atom is -0.456 e. The number of nitrogens with zero attached hydrogens (tertiary/aromatic N) is 3. The molecule has 3 aliphatic heterocycles. The lowest BCUT2D eigenvalue weighted by molar-refractivity contribution is -0.151. The minimum atomic E-state index is -4.53. The normalized spacial score (nSPS) is 30.1. The summed E-state index contributed by atoms with van der Waals surface area (Å²) in [5.74, 6) is -1.25. The van der Waals surface area contributed by atoms with Gasteiger partial charge in [0.1, 0.15) is 0 Å². The maximum absolute atomic E-state index is 14.3. The lowest BCUT2D eigenvalue weighted by Gasteiger charge is -2.37. The van der Waals surface area contributed by atoms with Crippen LogP contribution in [0.1, 0.15) is 43.0 Å². The van der Waals surface area contributed by atoms with E-state index in [2.05, 4.69) is 10.3 Å². The molecular weight excluding hydrogens is 533 g/mol. The number of amides is 2. The van der Waals surface area contributed by atoms with E-state index < -0.39 is 29.7 Å². The third-order valence-electron chi connectivity index (χ3n) is 8.76. The molecule has 0 radical (unpaired) electrons. The van der Waals surface area contributed by atoms with E-state index in [4.69, 9.17) is 14.2 Å². The van der Waals surface area contributed by atoms with Gasteiger partial charge in [-0.3, -0.25) is 19.4 Å². The monoisotopic (exact) mass is 568 g/mol. The summed E-state index contributed by atoms with van der Waals surface area (Å²) in [7, 11) is 1.64. The molecule has 220 valence electrons. The van der Waals surface area contributed by atoms with Gasteiger partial charge in [-0.2, -0.15) is 13.2 Å². The first kappa shape index (κ1) is 28.7. The molecule has 5 rings (SSSR count). The number of carbonyl (C=O) groups is 3. The number of hydrogen-bond donors (Lipinski definition) is 1. The van der Waals surface area contributed by atoms with Crippen LogP contribution in [-0.2, 0) is 47.7 Å². The third kappa shape index (κ3) is 5.68. The SMILES string of the molecule is CO[C@@H]1COCC[C@@H]1N[C@@H]1C[C@H]2CN(C(=O)COC(C)=O)C[C@@]2(C(=O)N2CCc3ncc(C(F)(F)F)cc3C2)C1. The predicted molar refractivity (Wildman–Crippen MR) is 134 cm³/mol. The average Bonchev–Trinajstić information content (AvgIpc) is 3.45. The quantitative estimate of drug-likeness (QED) is 0.515. The van der Waals surface area contributed by atoms with Crippen molar-refractivity contribution in [3.8, 4) is 0 Å². The molecule has 0 unspecified atom stereocenters. The Morgan fingerprint density at radius 3 is 2.80 bits per heavy atom. The summed E-state index contributed by atoms with van der Waals surface area (Å²) in [6.07, 6.45) is -1.55. The van der Waals surface area contributed by atoms with Gasteiger partial charge in [-0.15, -0.1) is 0 Å². The van der Waals surface area contributed by atoms with E-state index in [1.807, 2.05) is 0 Å². The molecule has 4 heterocycles.